The minimum absolute atomic E-state index is 0.0368. The average molecular weight is 347 g/mol. The van der Waals surface area contributed by atoms with Gasteiger partial charge in [0.25, 0.3) is 0 Å². The summed E-state index contributed by atoms with van der Waals surface area (Å²) >= 11 is 3.50. The Morgan fingerprint density at radius 1 is 1.35 bits per heavy atom. The molecule has 0 radical (unpaired) electrons. The maximum absolute atomic E-state index is 10.8. The summed E-state index contributed by atoms with van der Waals surface area (Å²) in [6.45, 7) is 10.2. The van der Waals surface area contributed by atoms with Crippen molar-refractivity contribution in [1.29, 1.82) is 0 Å². The van der Waals surface area contributed by atoms with E-state index in [0.717, 1.165) is 23.3 Å². The van der Waals surface area contributed by atoms with Crippen LogP contribution in [0.2, 0.25) is 0 Å². The number of nitrogens with zero attached hydrogens (tertiary/aromatic N) is 3. The molecule has 0 fully saturated rings. The molecule has 0 saturated carbocycles. The van der Waals surface area contributed by atoms with Crippen molar-refractivity contribution in [1.82, 2.24) is 20.0 Å². The van der Waals surface area contributed by atoms with Crippen molar-refractivity contribution in [2.24, 2.45) is 0 Å². The standard InChI is InChI=1S/C14H27BrN4O/c1-13(2,3)16-10-14(4,20)12-11(15)9-17-19(12)8-7-18(5)6/h9,16,20H,7-8,10H2,1-6H3. The van der Waals surface area contributed by atoms with Crippen LogP contribution in [0.15, 0.2) is 10.7 Å². The maximum atomic E-state index is 10.8. The molecule has 6 heteroatoms. The van der Waals surface area contributed by atoms with Crippen LogP contribution in [0.5, 0.6) is 0 Å². The summed E-state index contributed by atoms with van der Waals surface area (Å²) in [5.41, 5.74) is -0.198. The summed E-state index contributed by atoms with van der Waals surface area (Å²) in [6, 6.07) is 0. The summed E-state index contributed by atoms with van der Waals surface area (Å²) < 4.78 is 2.71. The summed E-state index contributed by atoms with van der Waals surface area (Å²) in [5.74, 6) is 0. The Kier molecular flexibility index (Phi) is 5.78. The van der Waals surface area contributed by atoms with E-state index in [1.807, 2.05) is 25.7 Å². The van der Waals surface area contributed by atoms with E-state index in [1.54, 1.807) is 6.20 Å². The molecule has 0 spiro atoms. The van der Waals surface area contributed by atoms with Crippen LogP contribution in [0.1, 0.15) is 33.4 Å². The van der Waals surface area contributed by atoms with Crippen LogP contribution in [-0.4, -0.2) is 52.5 Å². The summed E-state index contributed by atoms with van der Waals surface area (Å²) in [6.07, 6.45) is 1.75. The van der Waals surface area contributed by atoms with E-state index in [1.165, 1.54) is 0 Å². The minimum atomic E-state index is -0.977. The van der Waals surface area contributed by atoms with Gasteiger partial charge in [-0.15, -0.1) is 0 Å². The van der Waals surface area contributed by atoms with E-state index in [9.17, 15) is 5.11 Å². The van der Waals surface area contributed by atoms with E-state index in [0.29, 0.717) is 6.54 Å². The predicted molar refractivity (Wildman–Crippen MR) is 85.8 cm³/mol. The number of rotatable bonds is 6. The molecule has 1 rings (SSSR count). The number of β-amino-alcohol motifs (C(OH)–C–C–N with tert-alkyl or cyclic N) is 1. The number of aromatic nitrogens is 2. The molecule has 0 bridgehead atoms. The molecular weight excluding hydrogens is 320 g/mol. The average Bonchev–Trinajstić information content (AvgIpc) is 2.65. The molecule has 0 aliphatic heterocycles. The largest absolute Gasteiger partial charge is 0.382 e. The third-order valence-electron chi connectivity index (χ3n) is 3.03. The molecule has 2 N–H and O–H groups in total. The number of hydrogen-bond acceptors (Lipinski definition) is 4. The van der Waals surface area contributed by atoms with Crippen LogP contribution in [0.4, 0.5) is 0 Å². The van der Waals surface area contributed by atoms with Crippen molar-refractivity contribution in [2.45, 2.75) is 45.4 Å². The molecule has 0 aliphatic rings. The Labute approximate surface area is 130 Å². The van der Waals surface area contributed by atoms with E-state index in [4.69, 9.17) is 0 Å². The molecule has 0 amide bonds. The van der Waals surface area contributed by atoms with Gasteiger partial charge in [0.05, 0.1) is 22.9 Å². The highest BCUT2D eigenvalue weighted by Crippen LogP contribution is 2.28. The van der Waals surface area contributed by atoms with Crippen molar-refractivity contribution in [3.05, 3.63) is 16.4 Å². The number of hydrogen-bond donors (Lipinski definition) is 2. The van der Waals surface area contributed by atoms with Gasteiger partial charge in [0, 0.05) is 18.6 Å². The van der Waals surface area contributed by atoms with Crippen molar-refractivity contribution in [3.63, 3.8) is 0 Å². The topological polar surface area (TPSA) is 53.3 Å². The molecule has 116 valence electrons. The fraction of sp³-hybridized carbons (Fsp3) is 0.786. The van der Waals surface area contributed by atoms with Gasteiger partial charge in [0.1, 0.15) is 5.60 Å². The Balaban J connectivity index is 2.90. The maximum Gasteiger partial charge on any atom is 0.117 e. The third-order valence-corrected chi connectivity index (χ3v) is 3.61. The summed E-state index contributed by atoms with van der Waals surface area (Å²) in [7, 11) is 4.05. The molecule has 1 heterocycles. The van der Waals surface area contributed by atoms with Crippen LogP contribution < -0.4 is 5.32 Å². The van der Waals surface area contributed by atoms with E-state index < -0.39 is 5.60 Å². The number of aliphatic hydroxyl groups is 1. The molecule has 0 aliphatic carbocycles. The van der Waals surface area contributed by atoms with Crippen molar-refractivity contribution in [2.75, 3.05) is 27.2 Å². The smallest absolute Gasteiger partial charge is 0.117 e. The molecule has 5 nitrogen and oxygen atoms in total. The highest BCUT2D eigenvalue weighted by Gasteiger charge is 2.31. The van der Waals surface area contributed by atoms with Gasteiger partial charge in [0.2, 0.25) is 0 Å². The van der Waals surface area contributed by atoms with Crippen LogP contribution in [0.3, 0.4) is 0 Å². The molecule has 1 aromatic heterocycles. The van der Waals surface area contributed by atoms with Crippen LogP contribution in [-0.2, 0) is 12.1 Å². The zero-order chi connectivity index (χ0) is 15.6. The summed E-state index contributed by atoms with van der Waals surface area (Å²) in [4.78, 5) is 2.10. The Morgan fingerprint density at radius 3 is 2.45 bits per heavy atom. The van der Waals surface area contributed by atoms with Crippen LogP contribution in [0.25, 0.3) is 0 Å². The lowest BCUT2D eigenvalue weighted by Gasteiger charge is -2.30. The third kappa shape index (κ3) is 5.16. The molecule has 1 atom stereocenters. The Bertz CT molecular complexity index is 435. The van der Waals surface area contributed by atoms with E-state index in [2.05, 4.69) is 52.0 Å². The van der Waals surface area contributed by atoms with Gasteiger partial charge < -0.3 is 15.3 Å². The normalized spacial score (nSPS) is 15.7. The minimum Gasteiger partial charge on any atom is -0.382 e. The highest BCUT2D eigenvalue weighted by atomic mass is 79.9. The van der Waals surface area contributed by atoms with Gasteiger partial charge in [-0.05, 0) is 57.7 Å². The zero-order valence-electron chi connectivity index (χ0n) is 13.4. The van der Waals surface area contributed by atoms with Gasteiger partial charge >= 0.3 is 0 Å². The van der Waals surface area contributed by atoms with Gasteiger partial charge in [-0.25, -0.2) is 0 Å². The highest BCUT2D eigenvalue weighted by molar-refractivity contribution is 9.10. The molecular formula is C14H27BrN4O. The Hall–Kier alpha value is -0.430. The second-order valence-corrected chi connectivity index (χ2v) is 7.60. The first-order chi connectivity index (χ1) is 9.03. The first-order valence-corrected chi connectivity index (χ1v) is 7.66. The fourth-order valence-electron chi connectivity index (χ4n) is 1.88. The van der Waals surface area contributed by atoms with Gasteiger partial charge in [-0.1, -0.05) is 0 Å². The Morgan fingerprint density at radius 2 is 1.95 bits per heavy atom. The molecule has 1 aromatic rings. The van der Waals surface area contributed by atoms with Crippen molar-refractivity contribution < 1.29 is 5.11 Å². The monoisotopic (exact) mass is 346 g/mol. The molecule has 1 unspecified atom stereocenters. The number of nitrogens with one attached hydrogen (secondary N) is 1. The van der Waals surface area contributed by atoms with Crippen molar-refractivity contribution in [3.8, 4) is 0 Å². The van der Waals surface area contributed by atoms with Gasteiger partial charge in [-0.2, -0.15) is 5.10 Å². The lowest BCUT2D eigenvalue weighted by molar-refractivity contribution is 0.0399. The number of likely N-dealkylation sites (N-methyl/N-ethyl adjacent to an activating group) is 1. The van der Waals surface area contributed by atoms with Crippen LogP contribution >= 0.6 is 15.9 Å². The van der Waals surface area contributed by atoms with E-state index >= 15 is 0 Å². The molecule has 0 saturated heterocycles. The van der Waals surface area contributed by atoms with Gasteiger partial charge in [-0.3, -0.25) is 4.68 Å². The lowest BCUT2D eigenvalue weighted by Crippen LogP contribution is -2.45. The fourth-order valence-corrected chi connectivity index (χ4v) is 2.61. The number of halogens is 1. The summed E-state index contributed by atoms with van der Waals surface area (Å²) in [5, 5.41) is 18.5. The first kappa shape index (κ1) is 17.6. The zero-order valence-corrected chi connectivity index (χ0v) is 15.0. The first-order valence-electron chi connectivity index (χ1n) is 6.87. The second-order valence-electron chi connectivity index (χ2n) is 6.74. The lowest BCUT2D eigenvalue weighted by atomic mass is 10.00. The van der Waals surface area contributed by atoms with Gasteiger partial charge in [0.15, 0.2) is 0 Å². The predicted octanol–water partition coefficient (Wildman–Crippen LogP) is 1.80. The SMILES string of the molecule is CN(C)CCn1ncc(Br)c1C(C)(O)CNC(C)(C)C. The van der Waals surface area contributed by atoms with E-state index in [-0.39, 0.29) is 5.54 Å². The quantitative estimate of drug-likeness (QED) is 0.824. The second kappa shape index (κ2) is 6.56. The molecule has 0 aromatic carbocycles. The molecule has 20 heavy (non-hydrogen) atoms. The van der Waals surface area contributed by atoms with Crippen molar-refractivity contribution >= 4 is 15.9 Å². The van der Waals surface area contributed by atoms with Crippen LogP contribution in [0, 0.1) is 0 Å².